The Bertz CT molecular complexity index is 1140. The van der Waals surface area contributed by atoms with Crippen molar-refractivity contribution in [1.82, 2.24) is 15.5 Å². The summed E-state index contributed by atoms with van der Waals surface area (Å²) in [6.45, 7) is 1.48. The lowest BCUT2D eigenvalue weighted by atomic mass is 10.0. The van der Waals surface area contributed by atoms with Crippen molar-refractivity contribution in [1.29, 1.82) is 0 Å². The van der Waals surface area contributed by atoms with Crippen LogP contribution in [-0.4, -0.2) is 48.5 Å². The van der Waals surface area contributed by atoms with E-state index in [-0.39, 0.29) is 32.5 Å². The summed E-state index contributed by atoms with van der Waals surface area (Å²) in [6, 6.07) is 11.5. The average molecular weight is 442 g/mol. The predicted octanol–water partition coefficient (Wildman–Crippen LogP) is 4.47. The number of aromatic nitrogens is 2. The van der Waals surface area contributed by atoms with Crippen molar-refractivity contribution in [3.63, 3.8) is 0 Å². The Balaban J connectivity index is 1.57. The molecule has 2 aromatic carbocycles. The number of aromatic amines is 1. The monoisotopic (exact) mass is 442 g/mol. The summed E-state index contributed by atoms with van der Waals surface area (Å²) >= 11 is 0. The number of nitrogens with zero attached hydrogens (tertiary/aromatic N) is 2. The third-order valence-corrected chi connectivity index (χ3v) is 5.87. The number of carbonyl (C=O) groups is 1. The minimum atomic E-state index is -2.63. The molecule has 2 N–H and O–H groups in total. The van der Waals surface area contributed by atoms with Gasteiger partial charge in [-0.3, -0.25) is 5.10 Å². The Morgan fingerprint density at radius 2 is 1.91 bits per heavy atom. The Morgan fingerprint density at radius 3 is 2.75 bits per heavy atom. The number of halogens is 2. The van der Waals surface area contributed by atoms with Gasteiger partial charge in [0.05, 0.1) is 12.1 Å². The normalized spacial score (nSPS) is 18.9. The molecule has 32 heavy (non-hydrogen) atoms. The minimum absolute atomic E-state index is 0.0702. The van der Waals surface area contributed by atoms with E-state index in [0.717, 1.165) is 33.4 Å². The van der Waals surface area contributed by atoms with E-state index in [2.05, 4.69) is 15.5 Å². The van der Waals surface area contributed by atoms with Gasteiger partial charge in [-0.05, 0) is 48.4 Å². The summed E-state index contributed by atoms with van der Waals surface area (Å²) in [5, 5.41) is 11.2. The first-order valence-electron chi connectivity index (χ1n) is 10.8. The highest BCUT2D eigenvalue weighted by Crippen LogP contribution is 2.35. The van der Waals surface area contributed by atoms with E-state index >= 15 is 0 Å². The molecule has 4 bridgehead atoms. The number of piperidine rings is 1. The van der Waals surface area contributed by atoms with E-state index < -0.39 is 12.0 Å². The number of hydrogen-bond acceptors (Lipinski definition) is 5. The number of hydrogen-bond donors (Lipinski definition) is 2. The summed E-state index contributed by atoms with van der Waals surface area (Å²) in [4.78, 5) is 14.0. The zero-order valence-corrected chi connectivity index (χ0v) is 17.5. The molecule has 168 valence electrons. The number of H-pyrrole nitrogens is 1. The van der Waals surface area contributed by atoms with Crippen molar-refractivity contribution in [3.8, 4) is 17.0 Å². The van der Waals surface area contributed by atoms with Crippen molar-refractivity contribution >= 4 is 22.7 Å². The lowest BCUT2D eigenvalue weighted by Crippen LogP contribution is -2.39. The number of ether oxygens (including phenoxy) is 2. The predicted molar refractivity (Wildman–Crippen MR) is 116 cm³/mol. The van der Waals surface area contributed by atoms with Crippen molar-refractivity contribution in [2.75, 3.05) is 31.1 Å². The van der Waals surface area contributed by atoms with Crippen molar-refractivity contribution < 1.29 is 23.0 Å². The van der Waals surface area contributed by atoms with Crippen LogP contribution in [0.3, 0.4) is 0 Å². The molecule has 2 aliphatic rings. The molecule has 0 saturated carbocycles. The number of anilines is 1. The minimum Gasteiger partial charge on any atom is -0.494 e. The first kappa shape index (κ1) is 20.5. The van der Waals surface area contributed by atoms with Gasteiger partial charge in [0.2, 0.25) is 0 Å². The SMILES string of the molecule is O=C1NCCCOc2ccc3[nH]nc(c3c2)-c2cc(cc(N3CCC(F)(F)CC3)c2)CO1. The summed E-state index contributed by atoms with van der Waals surface area (Å²) in [5.74, 6) is -1.91. The molecule has 1 amide bonds. The highest BCUT2D eigenvalue weighted by molar-refractivity contribution is 5.94. The van der Waals surface area contributed by atoms with Gasteiger partial charge >= 0.3 is 6.09 Å². The standard InChI is InChI=1S/C23H24F2N4O3/c24-23(25)4-7-29(8-5-23)17-11-15-10-16(12-17)21-19-13-18(2-3-20(19)27-28-21)31-9-1-6-26-22(30)32-14-15/h2-3,10-13H,1,4-9,14H2,(H,26,30)(H,27,28). The van der Waals surface area contributed by atoms with Crippen LogP contribution >= 0.6 is 0 Å². The van der Waals surface area contributed by atoms with E-state index in [9.17, 15) is 13.6 Å². The van der Waals surface area contributed by atoms with Gasteiger partial charge in [-0.1, -0.05) is 0 Å². The van der Waals surface area contributed by atoms with E-state index in [1.165, 1.54) is 0 Å². The van der Waals surface area contributed by atoms with Crippen LogP contribution in [0.25, 0.3) is 22.2 Å². The maximum Gasteiger partial charge on any atom is 0.407 e. The summed E-state index contributed by atoms with van der Waals surface area (Å²) < 4.78 is 38.6. The topological polar surface area (TPSA) is 79.5 Å². The average Bonchev–Trinajstić information content (AvgIpc) is 3.20. The first-order valence-corrected chi connectivity index (χ1v) is 10.8. The van der Waals surface area contributed by atoms with E-state index in [1.807, 2.05) is 41.3 Å². The molecule has 0 spiro atoms. The van der Waals surface area contributed by atoms with E-state index in [1.54, 1.807) is 0 Å². The highest BCUT2D eigenvalue weighted by atomic mass is 19.3. The molecule has 9 heteroatoms. The van der Waals surface area contributed by atoms with Crippen LogP contribution in [0.15, 0.2) is 36.4 Å². The smallest absolute Gasteiger partial charge is 0.407 e. The molecule has 0 aliphatic carbocycles. The number of nitrogens with one attached hydrogen (secondary N) is 2. The largest absolute Gasteiger partial charge is 0.494 e. The second-order valence-electron chi connectivity index (χ2n) is 8.22. The molecule has 1 aromatic heterocycles. The lowest BCUT2D eigenvalue weighted by Gasteiger charge is -2.33. The molecule has 5 rings (SSSR count). The van der Waals surface area contributed by atoms with Gasteiger partial charge < -0.3 is 19.7 Å². The Morgan fingerprint density at radius 1 is 1.06 bits per heavy atom. The number of benzene rings is 2. The molecule has 0 radical (unpaired) electrons. The van der Waals surface area contributed by atoms with Crippen LogP contribution in [0.1, 0.15) is 24.8 Å². The summed E-state index contributed by atoms with van der Waals surface area (Å²) in [7, 11) is 0. The van der Waals surface area contributed by atoms with E-state index in [0.29, 0.717) is 25.3 Å². The molecule has 0 unspecified atom stereocenters. The second-order valence-corrected chi connectivity index (χ2v) is 8.22. The highest BCUT2D eigenvalue weighted by Gasteiger charge is 2.34. The molecule has 3 aromatic rings. The van der Waals surface area contributed by atoms with Crippen LogP contribution in [0.2, 0.25) is 0 Å². The molecule has 1 saturated heterocycles. The van der Waals surface area contributed by atoms with E-state index in [4.69, 9.17) is 9.47 Å². The number of alkyl carbamates (subject to hydrolysis) is 1. The fourth-order valence-corrected chi connectivity index (χ4v) is 4.12. The molecular weight excluding hydrogens is 418 g/mol. The van der Waals surface area contributed by atoms with Gasteiger partial charge in [0, 0.05) is 49.1 Å². The third-order valence-electron chi connectivity index (χ3n) is 5.87. The number of cyclic esters (lactones) is 1. The van der Waals surface area contributed by atoms with Crippen LogP contribution in [0.5, 0.6) is 5.75 Å². The Kier molecular flexibility index (Phi) is 5.32. The maximum absolute atomic E-state index is 13.7. The molecule has 2 aliphatic heterocycles. The third kappa shape index (κ3) is 4.32. The van der Waals surface area contributed by atoms with Gasteiger partial charge in [0.25, 0.3) is 5.92 Å². The Hall–Kier alpha value is -3.36. The van der Waals surface area contributed by atoms with Crippen molar-refractivity contribution in [2.45, 2.75) is 31.8 Å². The van der Waals surface area contributed by atoms with Gasteiger partial charge in [-0.25, -0.2) is 13.6 Å². The fraction of sp³-hybridized carbons (Fsp3) is 0.391. The molecular formula is C23H24F2N4O3. The van der Waals surface area contributed by atoms with Crippen LogP contribution < -0.4 is 15.0 Å². The molecule has 7 nitrogen and oxygen atoms in total. The fourth-order valence-electron chi connectivity index (χ4n) is 4.12. The molecule has 1 fully saturated rings. The first-order chi connectivity index (χ1) is 15.5. The van der Waals surface area contributed by atoms with Gasteiger partial charge in [-0.15, -0.1) is 0 Å². The number of rotatable bonds is 1. The van der Waals surface area contributed by atoms with Crippen molar-refractivity contribution in [3.05, 3.63) is 42.0 Å². The van der Waals surface area contributed by atoms with Gasteiger partial charge in [-0.2, -0.15) is 5.10 Å². The second kappa shape index (κ2) is 8.29. The quantitative estimate of drug-likeness (QED) is 0.581. The Labute approximate surface area is 183 Å². The van der Waals surface area contributed by atoms with Crippen molar-refractivity contribution in [2.24, 2.45) is 0 Å². The number of amides is 1. The lowest BCUT2D eigenvalue weighted by molar-refractivity contribution is -0.0220. The summed E-state index contributed by atoms with van der Waals surface area (Å²) in [5.41, 5.74) is 4.00. The number of fused-ring (bicyclic) bond motifs is 4. The number of alkyl halides is 2. The van der Waals surface area contributed by atoms with Crippen LogP contribution in [0, 0.1) is 0 Å². The van der Waals surface area contributed by atoms with Crippen LogP contribution in [0.4, 0.5) is 19.3 Å². The molecule has 3 heterocycles. The van der Waals surface area contributed by atoms with Crippen LogP contribution in [-0.2, 0) is 11.3 Å². The zero-order chi connectivity index (χ0) is 22.1. The van der Waals surface area contributed by atoms with Gasteiger partial charge in [0.1, 0.15) is 18.1 Å². The number of carbonyl (C=O) groups excluding carboxylic acids is 1. The zero-order valence-electron chi connectivity index (χ0n) is 17.5. The van der Waals surface area contributed by atoms with Gasteiger partial charge in [0.15, 0.2) is 0 Å². The molecule has 0 atom stereocenters. The maximum atomic E-state index is 13.7. The summed E-state index contributed by atoms with van der Waals surface area (Å²) in [6.07, 6.45) is -0.232.